The van der Waals surface area contributed by atoms with Crippen molar-refractivity contribution in [2.24, 2.45) is 0 Å². The van der Waals surface area contributed by atoms with Crippen molar-refractivity contribution in [3.05, 3.63) is 59.1 Å². The van der Waals surface area contributed by atoms with Crippen LogP contribution in [0.4, 0.5) is 5.69 Å². The summed E-state index contributed by atoms with van der Waals surface area (Å²) in [5, 5.41) is 0.509. The Hall–Kier alpha value is -1.93. The van der Waals surface area contributed by atoms with E-state index in [1.165, 1.54) is 22.0 Å². The molecular formula is C20H23ClN3O3S+. The minimum absolute atomic E-state index is 0.106. The molecule has 4 rings (SSSR count). The summed E-state index contributed by atoms with van der Waals surface area (Å²) in [6.45, 7) is 3.17. The van der Waals surface area contributed by atoms with E-state index in [2.05, 4.69) is 6.07 Å². The molecule has 1 saturated heterocycles. The predicted octanol–water partition coefficient (Wildman–Crippen LogP) is 0.819. The van der Waals surface area contributed by atoms with E-state index in [9.17, 15) is 13.2 Å². The molecule has 1 amide bonds. The molecule has 0 aromatic heterocycles. The van der Waals surface area contributed by atoms with Crippen LogP contribution in [0.15, 0.2) is 53.4 Å². The smallest absolute Gasteiger partial charge is 0.282 e. The van der Waals surface area contributed by atoms with Gasteiger partial charge in [-0.1, -0.05) is 29.8 Å². The average Bonchev–Trinajstić information content (AvgIpc) is 3.13. The number of amides is 1. The number of quaternary nitrogens is 1. The van der Waals surface area contributed by atoms with Crippen LogP contribution in [0.1, 0.15) is 5.56 Å². The first-order valence-corrected chi connectivity index (χ1v) is 11.2. The maximum atomic E-state index is 12.8. The highest BCUT2D eigenvalue weighted by Crippen LogP contribution is 2.27. The molecule has 2 aromatic carbocycles. The third-order valence-electron chi connectivity index (χ3n) is 5.47. The van der Waals surface area contributed by atoms with Gasteiger partial charge in [0.1, 0.15) is 0 Å². The normalized spacial score (nSPS) is 18.2. The Balaban J connectivity index is 1.36. The molecule has 148 valence electrons. The largest absolute Gasteiger partial charge is 0.325 e. The van der Waals surface area contributed by atoms with Crippen LogP contribution in [-0.4, -0.2) is 57.9 Å². The van der Waals surface area contributed by atoms with Crippen molar-refractivity contribution in [2.75, 3.05) is 44.2 Å². The van der Waals surface area contributed by atoms with Gasteiger partial charge in [-0.15, -0.1) is 0 Å². The predicted molar refractivity (Wildman–Crippen MR) is 108 cm³/mol. The molecule has 0 spiro atoms. The molecule has 0 bridgehead atoms. The molecule has 0 radical (unpaired) electrons. The number of hydrogen-bond acceptors (Lipinski definition) is 3. The maximum Gasteiger partial charge on any atom is 0.282 e. The Bertz CT molecular complexity index is 970. The van der Waals surface area contributed by atoms with Crippen molar-refractivity contribution in [1.29, 1.82) is 0 Å². The summed E-state index contributed by atoms with van der Waals surface area (Å²) in [6, 6.07) is 14.2. The van der Waals surface area contributed by atoms with E-state index in [0.29, 0.717) is 37.7 Å². The second kappa shape index (κ2) is 7.83. The zero-order valence-electron chi connectivity index (χ0n) is 15.5. The zero-order valence-corrected chi connectivity index (χ0v) is 17.0. The van der Waals surface area contributed by atoms with Crippen molar-refractivity contribution in [1.82, 2.24) is 4.31 Å². The number of carbonyl (C=O) groups is 1. The van der Waals surface area contributed by atoms with E-state index in [0.717, 1.165) is 23.6 Å². The van der Waals surface area contributed by atoms with E-state index >= 15 is 0 Å². The van der Waals surface area contributed by atoms with E-state index in [-0.39, 0.29) is 10.8 Å². The lowest BCUT2D eigenvalue weighted by Crippen LogP contribution is -3.15. The van der Waals surface area contributed by atoms with Crippen molar-refractivity contribution in [3.63, 3.8) is 0 Å². The van der Waals surface area contributed by atoms with Crippen molar-refractivity contribution in [2.45, 2.75) is 11.3 Å². The maximum absolute atomic E-state index is 12.8. The quantitative estimate of drug-likeness (QED) is 0.796. The summed E-state index contributed by atoms with van der Waals surface area (Å²) in [4.78, 5) is 16.0. The fourth-order valence-corrected chi connectivity index (χ4v) is 5.45. The number of benzene rings is 2. The van der Waals surface area contributed by atoms with Gasteiger partial charge in [-0.2, -0.15) is 4.31 Å². The van der Waals surface area contributed by atoms with Crippen LogP contribution in [0.5, 0.6) is 0 Å². The molecule has 2 aliphatic heterocycles. The van der Waals surface area contributed by atoms with Crippen molar-refractivity contribution >= 4 is 33.2 Å². The highest BCUT2D eigenvalue weighted by Gasteiger charge is 2.33. The second-order valence-corrected chi connectivity index (χ2v) is 9.58. The molecule has 0 aliphatic carbocycles. The Morgan fingerprint density at radius 2 is 1.68 bits per heavy atom. The summed E-state index contributed by atoms with van der Waals surface area (Å²) in [5.41, 5.74) is 2.22. The van der Waals surface area contributed by atoms with Crippen LogP contribution in [0, 0.1) is 0 Å². The fraction of sp³-hybridized carbons (Fsp3) is 0.350. The number of halogens is 1. The number of anilines is 1. The molecule has 2 aromatic rings. The standard InChI is InChI=1S/C20H22ClN3O3S/c21-17-5-7-18(8-6-17)28(26,27)23-13-11-22(12-14-23)15-20(25)24-10-9-16-3-1-2-4-19(16)24/h1-8H,9-15H2/p+1. The lowest BCUT2D eigenvalue weighted by molar-refractivity contribution is -0.895. The number of nitrogens with zero attached hydrogens (tertiary/aromatic N) is 2. The Morgan fingerprint density at radius 1 is 1.00 bits per heavy atom. The van der Waals surface area contributed by atoms with E-state index < -0.39 is 10.0 Å². The molecule has 0 unspecified atom stereocenters. The first kappa shape index (κ1) is 19.4. The van der Waals surface area contributed by atoms with Gasteiger partial charge in [0.2, 0.25) is 10.0 Å². The minimum Gasteiger partial charge on any atom is -0.325 e. The van der Waals surface area contributed by atoms with Crippen LogP contribution < -0.4 is 9.80 Å². The molecule has 8 heteroatoms. The lowest BCUT2D eigenvalue weighted by atomic mass is 10.2. The third kappa shape index (κ3) is 3.80. The molecule has 1 fully saturated rings. The van der Waals surface area contributed by atoms with Crippen LogP contribution in [-0.2, 0) is 21.2 Å². The molecule has 6 nitrogen and oxygen atoms in total. The van der Waals surface area contributed by atoms with Crippen LogP contribution >= 0.6 is 11.6 Å². The molecular weight excluding hydrogens is 398 g/mol. The number of hydrogen-bond donors (Lipinski definition) is 1. The Morgan fingerprint density at radius 3 is 2.39 bits per heavy atom. The minimum atomic E-state index is -3.52. The number of fused-ring (bicyclic) bond motifs is 1. The molecule has 0 saturated carbocycles. The number of sulfonamides is 1. The highest BCUT2D eigenvalue weighted by atomic mass is 35.5. The van der Waals surface area contributed by atoms with Crippen LogP contribution in [0.2, 0.25) is 5.02 Å². The van der Waals surface area contributed by atoms with E-state index in [4.69, 9.17) is 11.6 Å². The van der Waals surface area contributed by atoms with Gasteiger partial charge in [0.15, 0.2) is 6.54 Å². The highest BCUT2D eigenvalue weighted by molar-refractivity contribution is 7.89. The summed E-state index contributed by atoms with van der Waals surface area (Å²) in [7, 11) is -3.52. The van der Waals surface area contributed by atoms with Crippen molar-refractivity contribution < 1.29 is 18.1 Å². The third-order valence-corrected chi connectivity index (χ3v) is 7.64. The zero-order chi connectivity index (χ0) is 19.7. The number of piperazine rings is 1. The number of nitrogens with one attached hydrogen (secondary N) is 1. The topological polar surface area (TPSA) is 62.1 Å². The Kier molecular flexibility index (Phi) is 5.42. The van der Waals surface area contributed by atoms with Gasteiger partial charge in [-0.05, 0) is 42.3 Å². The summed E-state index contributed by atoms with van der Waals surface area (Å²) in [5.74, 6) is 0.106. The van der Waals surface area contributed by atoms with Gasteiger partial charge < -0.3 is 9.80 Å². The lowest BCUT2D eigenvalue weighted by Gasteiger charge is -2.32. The van der Waals surface area contributed by atoms with Gasteiger partial charge in [0.05, 0.1) is 31.1 Å². The number of para-hydroxylation sites is 1. The second-order valence-electron chi connectivity index (χ2n) is 7.21. The monoisotopic (exact) mass is 420 g/mol. The molecule has 2 aliphatic rings. The van der Waals surface area contributed by atoms with E-state index in [1.807, 2.05) is 23.1 Å². The molecule has 0 atom stereocenters. The van der Waals surface area contributed by atoms with Gasteiger partial charge in [0, 0.05) is 17.3 Å². The van der Waals surface area contributed by atoms with Gasteiger partial charge in [0.25, 0.3) is 5.91 Å². The fourth-order valence-electron chi connectivity index (χ4n) is 3.88. The van der Waals surface area contributed by atoms with Crippen LogP contribution in [0.3, 0.4) is 0 Å². The van der Waals surface area contributed by atoms with Gasteiger partial charge in [-0.25, -0.2) is 8.42 Å². The molecule has 2 heterocycles. The summed E-state index contributed by atoms with van der Waals surface area (Å²) >= 11 is 5.85. The Labute approximate surface area is 170 Å². The summed E-state index contributed by atoms with van der Waals surface area (Å²) in [6.07, 6.45) is 0.893. The van der Waals surface area contributed by atoms with Crippen molar-refractivity contribution in [3.8, 4) is 0 Å². The molecule has 1 N–H and O–H groups in total. The summed E-state index contributed by atoms with van der Waals surface area (Å²) < 4.78 is 27.0. The first-order valence-electron chi connectivity index (χ1n) is 9.43. The van der Waals surface area contributed by atoms with Crippen LogP contribution in [0.25, 0.3) is 0 Å². The molecule has 28 heavy (non-hydrogen) atoms. The van der Waals surface area contributed by atoms with Gasteiger partial charge >= 0.3 is 0 Å². The SMILES string of the molecule is O=C(C[NH+]1CCN(S(=O)(=O)c2ccc(Cl)cc2)CC1)N1CCc2ccccc21. The van der Waals surface area contributed by atoms with Gasteiger partial charge in [-0.3, -0.25) is 4.79 Å². The number of rotatable bonds is 4. The average molecular weight is 421 g/mol. The van der Waals surface area contributed by atoms with E-state index in [1.54, 1.807) is 12.1 Å². The number of carbonyl (C=O) groups excluding carboxylic acids is 1. The first-order chi connectivity index (χ1) is 13.4.